The van der Waals surface area contributed by atoms with Gasteiger partial charge in [-0.2, -0.15) is 5.10 Å². The summed E-state index contributed by atoms with van der Waals surface area (Å²) < 4.78 is 1.78. The molecule has 2 aromatic carbocycles. The van der Waals surface area contributed by atoms with E-state index in [0.29, 0.717) is 13.1 Å². The molecule has 9 nitrogen and oxygen atoms in total. The van der Waals surface area contributed by atoms with Gasteiger partial charge in [0.15, 0.2) is 0 Å². The summed E-state index contributed by atoms with van der Waals surface area (Å²) in [5, 5.41) is 29.2. The first-order chi connectivity index (χ1) is 12.5. The number of non-ortho nitro benzene ring substituents is 1. The molecule has 3 rings (SSSR count). The first-order valence-electron chi connectivity index (χ1n) is 7.75. The quantitative estimate of drug-likeness (QED) is 0.514. The summed E-state index contributed by atoms with van der Waals surface area (Å²) >= 11 is 0. The third-order valence-electron chi connectivity index (χ3n) is 3.87. The van der Waals surface area contributed by atoms with Crippen molar-refractivity contribution in [1.82, 2.24) is 9.78 Å². The van der Waals surface area contributed by atoms with E-state index in [-0.39, 0.29) is 17.1 Å². The fourth-order valence-corrected chi connectivity index (χ4v) is 2.58. The third kappa shape index (κ3) is 3.83. The van der Waals surface area contributed by atoms with Gasteiger partial charge in [-0.25, -0.2) is 0 Å². The molecular formula is C17H15N5O4. The summed E-state index contributed by atoms with van der Waals surface area (Å²) in [6, 6.07) is 13.1. The van der Waals surface area contributed by atoms with Crippen LogP contribution in [-0.2, 0) is 13.1 Å². The van der Waals surface area contributed by atoms with Gasteiger partial charge in [0.25, 0.3) is 11.4 Å². The van der Waals surface area contributed by atoms with Crippen LogP contribution >= 0.6 is 0 Å². The van der Waals surface area contributed by atoms with Crippen molar-refractivity contribution < 1.29 is 9.85 Å². The Morgan fingerprint density at radius 1 is 1.00 bits per heavy atom. The number of nitrogens with zero attached hydrogens (tertiary/aromatic N) is 4. The lowest BCUT2D eigenvalue weighted by atomic mass is 10.1. The van der Waals surface area contributed by atoms with Crippen molar-refractivity contribution in [3.63, 3.8) is 0 Å². The summed E-state index contributed by atoms with van der Waals surface area (Å²) in [4.78, 5) is 20.7. The van der Waals surface area contributed by atoms with Gasteiger partial charge >= 0.3 is 0 Å². The number of aromatic nitrogens is 2. The first-order valence-corrected chi connectivity index (χ1v) is 7.75. The SMILES string of the molecule is O=[N+]([O-])c1ccc(NCc2ccccc2Cn2cccn2)c([N+](=O)[O-])c1. The van der Waals surface area contributed by atoms with Crippen molar-refractivity contribution in [3.05, 3.63) is 92.3 Å². The van der Waals surface area contributed by atoms with E-state index < -0.39 is 9.85 Å². The second kappa shape index (κ2) is 7.43. The van der Waals surface area contributed by atoms with Gasteiger partial charge in [0, 0.05) is 25.0 Å². The fourth-order valence-electron chi connectivity index (χ4n) is 2.58. The highest BCUT2D eigenvalue weighted by atomic mass is 16.6. The Kier molecular flexibility index (Phi) is 4.88. The molecule has 0 aliphatic rings. The smallest absolute Gasteiger partial charge is 0.299 e. The molecule has 9 heteroatoms. The predicted molar refractivity (Wildman–Crippen MR) is 94.8 cm³/mol. The standard InChI is InChI=1S/C17H15N5O4/c23-21(24)15-6-7-16(17(10-15)22(25)26)18-11-13-4-1-2-5-14(13)12-20-9-3-8-19-20/h1-10,18H,11-12H2. The van der Waals surface area contributed by atoms with E-state index in [9.17, 15) is 20.2 Å². The van der Waals surface area contributed by atoms with Gasteiger partial charge in [0.1, 0.15) is 5.69 Å². The van der Waals surface area contributed by atoms with Gasteiger partial charge in [0.05, 0.1) is 22.5 Å². The Labute approximate surface area is 148 Å². The number of hydrogen-bond donors (Lipinski definition) is 1. The summed E-state index contributed by atoms with van der Waals surface area (Å²) in [5.41, 5.74) is 1.56. The van der Waals surface area contributed by atoms with E-state index in [1.165, 1.54) is 12.1 Å². The molecule has 0 aliphatic carbocycles. The fraction of sp³-hybridized carbons (Fsp3) is 0.118. The molecular weight excluding hydrogens is 338 g/mol. The van der Waals surface area contributed by atoms with Crippen LogP contribution < -0.4 is 5.32 Å². The minimum Gasteiger partial charge on any atom is -0.375 e. The zero-order chi connectivity index (χ0) is 18.5. The monoisotopic (exact) mass is 353 g/mol. The highest BCUT2D eigenvalue weighted by Crippen LogP contribution is 2.29. The van der Waals surface area contributed by atoms with Gasteiger partial charge in [-0.05, 0) is 23.3 Å². The summed E-state index contributed by atoms with van der Waals surface area (Å²) in [6.07, 6.45) is 3.55. The summed E-state index contributed by atoms with van der Waals surface area (Å²) in [6.45, 7) is 0.920. The molecule has 0 aliphatic heterocycles. The van der Waals surface area contributed by atoms with Crippen molar-refractivity contribution >= 4 is 17.1 Å². The largest absolute Gasteiger partial charge is 0.375 e. The number of nitro groups is 2. The number of rotatable bonds is 7. The van der Waals surface area contributed by atoms with Crippen LogP contribution in [0.2, 0.25) is 0 Å². The Hall–Kier alpha value is -3.75. The molecule has 26 heavy (non-hydrogen) atoms. The van der Waals surface area contributed by atoms with Gasteiger partial charge in [0.2, 0.25) is 0 Å². The number of benzene rings is 2. The Morgan fingerprint density at radius 3 is 2.42 bits per heavy atom. The molecule has 0 amide bonds. The number of anilines is 1. The van der Waals surface area contributed by atoms with Gasteiger partial charge in [-0.1, -0.05) is 24.3 Å². The Morgan fingerprint density at radius 2 is 1.77 bits per heavy atom. The average Bonchev–Trinajstić information content (AvgIpc) is 3.13. The second-order valence-electron chi connectivity index (χ2n) is 5.54. The maximum absolute atomic E-state index is 11.2. The van der Waals surface area contributed by atoms with Gasteiger partial charge in [-0.15, -0.1) is 0 Å². The van der Waals surface area contributed by atoms with Crippen molar-refractivity contribution in [2.45, 2.75) is 13.1 Å². The molecule has 1 aromatic heterocycles. The second-order valence-corrected chi connectivity index (χ2v) is 5.54. The van der Waals surface area contributed by atoms with Gasteiger partial charge < -0.3 is 5.32 Å². The summed E-state index contributed by atoms with van der Waals surface area (Å²) in [5.74, 6) is 0. The lowest BCUT2D eigenvalue weighted by Gasteiger charge is -2.12. The maximum Gasteiger partial charge on any atom is 0.299 e. The van der Waals surface area contributed by atoms with Crippen LogP contribution in [0.4, 0.5) is 17.1 Å². The van der Waals surface area contributed by atoms with Crippen molar-refractivity contribution in [1.29, 1.82) is 0 Å². The average molecular weight is 353 g/mol. The van der Waals surface area contributed by atoms with E-state index in [0.717, 1.165) is 17.2 Å². The van der Waals surface area contributed by atoms with E-state index >= 15 is 0 Å². The lowest BCUT2D eigenvalue weighted by molar-refractivity contribution is -0.393. The van der Waals surface area contributed by atoms with E-state index in [2.05, 4.69) is 10.4 Å². The van der Waals surface area contributed by atoms with Crippen LogP contribution in [0.15, 0.2) is 60.9 Å². The Balaban J connectivity index is 1.81. The zero-order valence-electron chi connectivity index (χ0n) is 13.6. The van der Waals surface area contributed by atoms with Crippen LogP contribution in [0, 0.1) is 20.2 Å². The van der Waals surface area contributed by atoms with Crippen molar-refractivity contribution in [2.24, 2.45) is 0 Å². The molecule has 0 atom stereocenters. The zero-order valence-corrected chi connectivity index (χ0v) is 13.6. The van der Waals surface area contributed by atoms with Crippen LogP contribution in [0.1, 0.15) is 11.1 Å². The van der Waals surface area contributed by atoms with E-state index in [1.807, 2.05) is 36.5 Å². The minimum absolute atomic E-state index is 0.231. The van der Waals surface area contributed by atoms with Crippen LogP contribution in [0.5, 0.6) is 0 Å². The maximum atomic E-state index is 11.2. The number of nitro benzene ring substituents is 2. The first kappa shape index (κ1) is 17.1. The normalized spacial score (nSPS) is 10.5. The van der Waals surface area contributed by atoms with E-state index in [1.54, 1.807) is 10.9 Å². The molecule has 3 aromatic rings. The Bertz CT molecular complexity index is 940. The minimum atomic E-state index is -0.657. The molecule has 0 radical (unpaired) electrons. The highest BCUT2D eigenvalue weighted by molar-refractivity contribution is 5.65. The van der Waals surface area contributed by atoms with Crippen molar-refractivity contribution in [3.8, 4) is 0 Å². The molecule has 1 heterocycles. The molecule has 0 fully saturated rings. The molecule has 0 spiro atoms. The topological polar surface area (TPSA) is 116 Å². The lowest BCUT2D eigenvalue weighted by Crippen LogP contribution is -2.08. The molecule has 0 saturated carbocycles. The van der Waals surface area contributed by atoms with Crippen LogP contribution in [-0.4, -0.2) is 19.6 Å². The molecule has 1 N–H and O–H groups in total. The predicted octanol–water partition coefficient (Wildman–Crippen LogP) is 3.36. The van der Waals surface area contributed by atoms with Gasteiger partial charge in [-0.3, -0.25) is 24.9 Å². The van der Waals surface area contributed by atoms with Crippen LogP contribution in [0.3, 0.4) is 0 Å². The van der Waals surface area contributed by atoms with Crippen LogP contribution in [0.25, 0.3) is 0 Å². The third-order valence-corrected chi connectivity index (χ3v) is 3.87. The summed E-state index contributed by atoms with van der Waals surface area (Å²) in [7, 11) is 0. The molecule has 132 valence electrons. The van der Waals surface area contributed by atoms with Crippen molar-refractivity contribution in [2.75, 3.05) is 5.32 Å². The highest BCUT2D eigenvalue weighted by Gasteiger charge is 2.19. The van der Waals surface area contributed by atoms with E-state index in [4.69, 9.17) is 0 Å². The molecule has 0 unspecified atom stereocenters. The molecule has 0 saturated heterocycles. The molecule has 0 bridgehead atoms. The number of hydrogen-bond acceptors (Lipinski definition) is 6. The number of nitrogens with one attached hydrogen (secondary N) is 1.